The fraction of sp³-hybridized carbons (Fsp3) is 0.786. The molecule has 6 nitrogen and oxygen atoms in total. The molecule has 0 unspecified atom stereocenters. The van der Waals surface area contributed by atoms with Crippen molar-refractivity contribution >= 4 is 17.8 Å². The quantitative estimate of drug-likeness (QED) is 0.741. The normalized spacial score (nSPS) is 17.1. The number of methoxy groups -OCH3 is 2. The molecule has 1 fully saturated rings. The largest absolute Gasteiger partial charge is 0.469 e. The van der Waals surface area contributed by atoms with Gasteiger partial charge in [-0.25, -0.2) is 4.79 Å². The predicted octanol–water partition coefficient (Wildman–Crippen LogP) is 1.18. The zero-order valence-corrected chi connectivity index (χ0v) is 12.1. The molecule has 1 N–H and O–H groups in total. The highest BCUT2D eigenvalue weighted by Crippen LogP contribution is 2.27. The predicted molar refractivity (Wildman–Crippen MR) is 71.8 cm³/mol. The van der Waals surface area contributed by atoms with Crippen LogP contribution in [0.2, 0.25) is 0 Å². The zero-order chi connectivity index (χ0) is 15.0. The zero-order valence-electron chi connectivity index (χ0n) is 12.1. The van der Waals surface area contributed by atoms with Crippen molar-refractivity contribution < 1.29 is 23.9 Å². The van der Waals surface area contributed by atoms with Gasteiger partial charge in [0.25, 0.3) is 0 Å². The summed E-state index contributed by atoms with van der Waals surface area (Å²) in [7, 11) is 2.60. The first kappa shape index (κ1) is 16.5. The van der Waals surface area contributed by atoms with Crippen LogP contribution in [-0.4, -0.2) is 38.1 Å². The third kappa shape index (κ3) is 5.19. The smallest absolute Gasteiger partial charge is 0.328 e. The molecule has 20 heavy (non-hydrogen) atoms. The highest BCUT2D eigenvalue weighted by atomic mass is 16.5. The number of carbonyl (C=O) groups is 3. The highest BCUT2D eigenvalue weighted by molar-refractivity contribution is 5.86. The van der Waals surface area contributed by atoms with Crippen LogP contribution >= 0.6 is 0 Å². The molecule has 0 aromatic rings. The van der Waals surface area contributed by atoms with Crippen molar-refractivity contribution in [2.75, 3.05) is 14.2 Å². The van der Waals surface area contributed by atoms with Crippen LogP contribution in [0.5, 0.6) is 0 Å². The molecule has 0 spiro atoms. The van der Waals surface area contributed by atoms with Crippen LogP contribution in [0.1, 0.15) is 44.9 Å². The number of amides is 1. The molecule has 1 rings (SSSR count). The topological polar surface area (TPSA) is 81.7 Å². The maximum Gasteiger partial charge on any atom is 0.328 e. The van der Waals surface area contributed by atoms with Crippen molar-refractivity contribution in [3.05, 3.63) is 0 Å². The molecule has 1 amide bonds. The summed E-state index contributed by atoms with van der Waals surface area (Å²) in [5.74, 6) is -1.05. The van der Waals surface area contributed by atoms with Gasteiger partial charge < -0.3 is 14.8 Å². The third-order valence-electron chi connectivity index (χ3n) is 3.68. The van der Waals surface area contributed by atoms with Gasteiger partial charge in [-0.1, -0.05) is 19.3 Å². The lowest BCUT2D eigenvalue weighted by Gasteiger charge is -2.28. The van der Waals surface area contributed by atoms with Gasteiger partial charge in [-0.2, -0.15) is 0 Å². The number of hydrogen-bond donors (Lipinski definition) is 1. The van der Waals surface area contributed by atoms with Crippen LogP contribution in [-0.2, 0) is 23.9 Å². The van der Waals surface area contributed by atoms with E-state index in [2.05, 4.69) is 10.1 Å². The second kappa shape index (κ2) is 8.55. The maximum absolute atomic E-state index is 11.8. The van der Waals surface area contributed by atoms with Gasteiger partial charge in [0.1, 0.15) is 6.04 Å². The van der Waals surface area contributed by atoms with Crippen molar-refractivity contribution in [2.45, 2.75) is 51.0 Å². The Morgan fingerprint density at radius 2 is 1.70 bits per heavy atom. The lowest BCUT2D eigenvalue weighted by molar-refractivity contribution is -0.147. The van der Waals surface area contributed by atoms with Gasteiger partial charge >= 0.3 is 11.9 Å². The second-order valence-corrected chi connectivity index (χ2v) is 5.04. The summed E-state index contributed by atoms with van der Waals surface area (Å²) in [6, 6.07) is -0.606. The van der Waals surface area contributed by atoms with E-state index in [1.807, 2.05) is 0 Å². The van der Waals surface area contributed by atoms with Crippen molar-refractivity contribution in [1.82, 2.24) is 5.32 Å². The summed E-state index contributed by atoms with van der Waals surface area (Å²) in [6.45, 7) is 0. The molecule has 1 aliphatic rings. The Hall–Kier alpha value is -1.59. The maximum atomic E-state index is 11.8. The molecule has 0 heterocycles. The molecular weight excluding hydrogens is 262 g/mol. The van der Waals surface area contributed by atoms with Gasteiger partial charge in [-0.3, -0.25) is 9.59 Å². The van der Waals surface area contributed by atoms with Crippen molar-refractivity contribution in [2.24, 2.45) is 5.92 Å². The summed E-state index contributed by atoms with van der Waals surface area (Å²) < 4.78 is 9.25. The van der Waals surface area contributed by atoms with E-state index in [0.29, 0.717) is 0 Å². The molecule has 0 bridgehead atoms. The van der Waals surface area contributed by atoms with Crippen LogP contribution < -0.4 is 5.32 Å². The molecule has 0 aromatic heterocycles. The third-order valence-corrected chi connectivity index (χ3v) is 3.68. The summed E-state index contributed by atoms with van der Waals surface area (Å²) in [5, 5.41) is 2.70. The van der Waals surface area contributed by atoms with Gasteiger partial charge in [0.05, 0.1) is 20.6 Å². The monoisotopic (exact) mass is 285 g/mol. The molecule has 0 radical (unpaired) electrons. The first-order valence-electron chi connectivity index (χ1n) is 7.02. The minimum absolute atomic E-state index is 0.0148. The van der Waals surface area contributed by atoms with E-state index in [4.69, 9.17) is 4.74 Å². The molecule has 0 saturated heterocycles. The summed E-state index contributed by atoms with van der Waals surface area (Å²) in [5.41, 5.74) is 0. The van der Waals surface area contributed by atoms with Crippen LogP contribution in [0.25, 0.3) is 0 Å². The van der Waals surface area contributed by atoms with Gasteiger partial charge in [-0.15, -0.1) is 0 Å². The van der Waals surface area contributed by atoms with E-state index in [1.165, 1.54) is 20.6 Å². The van der Waals surface area contributed by atoms with Gasteiger partial charge in [0.2, 0.25) is 5.91 Å². The fourth-order valence-electron chi connectivity index (χ4n) is 2.53. The molecule has 0 aromatic carbocycles. The number of nitrogens with one attached hydrogen (secondary N) is 1. The number of ether oxygens (including phenoxy) is 2. The minimum atomic E-state index is -0.606. The van der Waals surface area contributed by atoms with Gasteiger partial charge in [-0.05, 0) is 18.8 Å². The second-order valence-electron chi connectivity index (χ2n) is 5.04. The first-order chi connectivity index (χ1) is 9.58. The standard InChI is InChI=1S/C14H23NO5/c1-19-12(17)9-8-11(16)15-13(14(18)20-2)10-6-4-3-5-7-10/h10,13H,3-9H2,1-2H3,(H,15,16)/t13-/m0/s1. The van der Waals surface area contributed by atoms with Crippen molar-refractivity contribution in [1.29, 1.82) is 0 Å². The Balaban J connectivity index is 2.53. The molecule has 1 saturated carbocycles. The van der Waals surface area contributed by atoms with Crippen molar-refractivity contribution in [3.63, 3.8) is 0 Å². The number of rotatable bonds is 6. The van der Waals surface area contributed by atoms with E-state index < -0.39 is 18.0 Å². The van der Waals surface area contributed by atoms with E-state index in [9.17, 15) is 14.4 Å². The van der Waals surface area contributed by atoms with Crippen molar-refractivity contribution in [3.8, 4) is 0 Å². The Morgan fingerprint density at radius 3 is 2.25 bits per heavy atom. The molecular formula is C14H23NO5. The van der Waals surface area contributed by atoms with E-state index in [-0.39, 0.29) is 24.7 Å². The Bertz CT molecular complexity index is 349. The number of esters is 2. The Kier molecular flexibility index (Phi) is 7.04. The average Bonchev–Trinajstić information content (AvgIpc) is 2.50. The number of carbonyl (C=O) groups excluding carboxylic acids is 3. The minimum Gasteiger partial charge on any atom is -0.469 e. The van der Waals surface area contributed by atoms with E-state index in [1.54, 1.807) is 0 Å². The summed E-state index contributed by atoms with van der Waals surface area (Å²) >= 11 is 0. The van der Waals surface area contributed by atoms with Crippen LogP contribution in [0.4, 0.5) is 0 Å². The number of hydrogen-bond acceptors (Lipinski definition) is 5. The lowest BCUT2D eigenvalue weighted by Crippen LogP contribution is -2.47. The summed E-state index contributed by atoms with van der Waals surface area (Å²) in [6.07, 6.45) is 5.16. The molecule has 6 heteroatoms. The summed E-state index contributed by atoms with van der Waals surface area (Å²) in [4.78, 5) is 34.6. The Labute approximate surface area is 119 Å². The van der Waals surface area contributed by atoms with E-state index in [0.717, 1.165) is 25.7 Å². The molecule has 0 aliphatic heterocycles. The van der Waals surface area contributed by atoms with Crippen LogP contribution in [0.3, 0.4) is 0 Å². The van der Waals surface area contributed by atoms with Crippen LogP contribution in [0.15, 0.2) is 0 Å². The van der Waals surface area contributed by atoms with Gasteiger partial charge in [0, 0.05) is 6.42 Å². The Morgan fingerprint density at radius 1 is 1.05 bits per heavy atom. The molecule has 114 valence electrons. The highest BCUT2D eigenvalue weighted by Gasteiger charge is 2.31. The molecule has 1 atom stereocenters. The lowest BCUT2D eigenvalue weighted by atomic mass is 9.84. The fourth-order valence-corrected chi connectivity index (χ4v) is 2.53. The first-order valence-corrected chi connectivity index (χ1v) is 7.02. The van der Waals surface area contributed by atoms with Gasteiger partial charge in [0.15, 0.2) is 0 Å². The van der Waals surface area contributed by atoms with Crippen LogP contribution in [0, 0.1) is 5.92 Å². The SMILES string of the molecule is COC(=O)CCC(=O)N[C@H](C(=O)OC)C1CCCCC1. The van der Waals surface area contributed by atoms with E-state index >= 15 is 0 Å². The molecule has 1 aliphatic carbocycles. The average molecular weight is 285 g/mol.